The molecule has 1 aromatic carbocycles. The number of carbonyl (C=O) groups excluding carboxylic acids is 1. The molecular weight excluding hydrogens is 272 g/mol. The molecule has 20 heavy (non-hydrogen) atoms. The van der Waals surface area contributed by atoms with Gasteiger partial charge in [0.2, 0.25) is 5.91 Å². The molecule has 0 spiro atoms. The Labute approximate surface area is 127 Å². The maximum atomic E-state index is 12.0. The Morgan fingerprint density at radius 2 is 2.00 bits per heavy atom. The highest BCUT2D eigenvalue weighted by Crippen LogP contribution is 2.42. The van der Waals surface area contributed by atoms with E-state index in [1.54, 1.807) is 0 Å². The van der Waals surface area contributed by atoms with E-state index < -0.39 is 6.04 Å². The number of carbonyl (C=O) groups is 1. The van der Waals surface area contributed by atoms with Crippen molar-refractivity contribution < 1.29 is 4.79 Å². The van der Waals surface area contributed by atoms with E-state index in [1.165, 1.54) is 19.3 Å². The summed E-state index contributed by atoms with van der Waals surface area (Å²) in [6.45, 7) is 2.99. The van der Waals surface area contributed by atoms with Gasteiger partial charge in [0.1, 0.15) is 0 Å². The molecule has 4 heteroatoms. The van der Waals surface area contributed by atoms with Crippen LogP contribution in [0.15, 0.2) is 30.3 Å². The molecule has 0 aliphatic heterocycles. The van der Waals surface area contributed by atoms with Gasteiger partial charge in [0.25, 0.3) is 0 Å². The number of amides is 1. The SMILES string of the molecule is CCC1(CNC(=O)C(N)Cc2ccccc2)CCC1.Cl. The van der Waals surface area contributed by atoms with E-state index in [4.69, 9.17) is 5.73 Å². The van der Waals surface area contributed by atoms with Gasteiger partial charge in [-0.05, 0) is 36.7 Å². The average Bonchev–Trinajstić information content (AvgIpc) is 2.39. The van der Waals surface area contributed by atoms with Crippen molar-refractivity contribution >= 4 is 18.3 Å². The Morgan fingerprint density at radius 3 is 2.50 bits per heavy atom. The van der Waals surface area contributed by atoms with E-state index in [1.807, 2.05) is 30.3 Å². The molecule has 112 valence electrons. The van der Waals surface area contributed by atoms with Gasteiger partial charge < -0.3 is 11.1 Å². The first-order chi connectivity index (χ1) is 9.15. The first-order valence-electron chi connectivity index (χ1n) is 7.22. The minimum atomic E-state index is -0.448. The fourth-order valence-electron chi connectivity index (χ4n) is 2.70. The number of benzene rings is 1. The maximum Gasteiger partial charge on any atom is 0.237 e. The summed E-state index contributed by atoms with van der Waals surface area (Å²) in [6, 6.07) is 9.48. The topological polar surface area (TPSA) is 55.1 Å². The van der Waals surface area contributed by atoms with Gasteiger partial charge in [-0.25, -0.2) is 0 Å². The average molecular weight is 297 g/mol. The second kappa shape index (κ2) is 7.65. The molecule has 1 atom stereocenters. The number of halogens is 1. The van der Waals surface area contributed by atoms with Crippen LogP contribution in [-0.2, 0) is 11.2 Å². The highest BCUT2D eigenvalue weighted by molar-refractivity contribution is 5.85. The summed E-state index contributed by atoms with van der Waals surface area (Å²) in [7, 11) is 0. The zero-order chi connectivity index (χ0) is 13.7. The predicted octanol–water partition coefficient (Wildman–Crippen LogP) is 2.67. The Hall–Kier alpha value is -1.06. The van der Waals surface area contributed by atoms with Crippen LogP contribution in [0.2, 0.25) is 0 Å². The van der Waals surface area contributed by atoms with Crippen molar-refractivity contribution in [3.63, 3.8) is 0 Å². The molecule has 3 nitrogen and oxygen atoms in total. The van der Waals surface area contributed by atoms with Crippen LogP contribution in [0.1, 0.15) is 38.2 Å². The van der Waals surface area contributed by atoms with Crippen LogP contribution in [0, 0.1) is 5.41 Å². The lowest BCUT2D eigenvalue weighted by atomic mass is 9.67. The molecule has 0 heterocycles. The third-order valence-corrected chi connectivity index (χ3v) is 4.44. The summed E-state index contributed by atoms with van der Waals surface area (Å²) >= 11 is 0. The van der Waals surface area contributed by atoms with Gasteiger partial charge in [0.05, 0.1) is 6.04 Å². The molecule has 0 bridgehead atoms. The molecule has 1 aliphatic rings. The van der Waals surface area contributed by atoms with Crippen molar-refractivity contribution in [1.29, 1.82) is 0 Å². The van der Waals surface area contributed by atoms with Gasteiger partial charge in [-0.1, -0.05) is 43.7 Å². The van der Waals surface area contributed by atoms with E-state index in [0.29, 0.717) is 11.8 Å². The molecule has 1 aliphatic carbocycles. The van der Waals surface area contributed by atoms with Crippen molar-refractivity contribution in [2.24, 2.45) is 11.1 Å². The smallest absolute Gasteiger partial charge is 0.237 e. The minimum Gasteiger partial charge on any atom is -0.354 e. The third kappa shape index (κ3) is 4.22. The summed E-state index contributed by atoms with van der Waals surface area (Å²) in [5, 5.41) is 3.03. The lowest BCUT2D eigenvalue weighted by molar-refractivity contribution is -0.123. The van der Waals surface area contributed by atoms with E-state index >= 15 is 0 Å². The van der Waals surface area contributed by atoms with Gasteiger partial charge in [-0.15, -0.1) is 12.4 Å². The quantitative estimate of drug-likeness (QED) is 0.848. The van der Waals surface area contributed by atoms with Gasteiger partial charge >= 0.3 is 0 Å². The zero-order valence-electron chi connectivity index (χ0n) is 12.1. The van der Waals surface area contributed by atoms with Crippen molar-refractivity contribution in [1.82, 2.24) is 5.32 Å². The molecule has 1 saturated carbocycles. The third-order valence-electron chi connectivity index (χ3n) is 4.44. The van der Waals surface area contributed by atoms with Crippen LogP contribution < -0.4 is 11.1 Å². The summed E-state index contributed by atoms with van der Waals surface area (Å²) in [5.74, 6) is -0.0245. The monoisotopic (exact) mass is 296 g/mol. The van der Waals surface area contributed by atoms with Crippen molar-refractivity contribution in [2.45, 2.75) is 45.1 Å². The summed E-state index contributed by atoms with van der Waals surface area (Å²) in [4.78, 5) is 12.0. The van der Waals surface area contributed by atoms with E-state index in [-0.39, 0.29) is 18.3 Å². The van der Waals surface area contributed by atoms with Crippen LogP contribution in [0.5, 0.6) is 0 Å². The molecule has 0 aromatic heterocycles. The Kier molecular flexibility index (Phi) is 6.50. The van der Waals surface area contributed by atoms with Gasteiger partial charge in [0, 0.05) is 6.54 Å². The van der Waals surface area contributed by atoms with Crippen LogP contribution in [0.4, 0.5) is 0 Å². The van der Waals surface area contributed by atoms with E-state index in [0.717, 1.165) is 18.5 Å². The fraction of sp³-hybridized carbons (Fsp3) is 0.562. The zero-order valence-corrected chi connectivity index (χ0v) is 12.9. The van der Waals surface area contributed by atoms with E-state index in [2.05, 4.69) is 12.2 Å². The summed E-state index contributed by atoms with van der Waals surface area (Å²) in [5.41, 5.74) is 7.43. The first-order valence-corrected chi connectivity index (χ1v) is 7.22. The molecule has 3 N–H and O–H groups in total. The molecule has 0 saturated heterocycles. The molecule has 2 rings (SSSR count). The molecule has 1 amide bonds. The second-order valence-corrected chi connectivity index (χ2v) is 5.72. The van der Waals surface area contributed by atoms with Crippen LogP contribution in [0.3, 0.4) is 0 Å². The summed E-state index contributed by atoms with van der Waals surface area (Å²) in [6.07, 6.45) is 5.50. The van der Waals surface area contributed by atoms with Crippen molar-refractivity contribution in [3.8, 4) is 0 Å². The minimum absolute atomic E-state index is 0. The van der Waals surface area contributed by atoms with Gasteiger partial charge in [0.15, 0.2) is 0 Å². The largest absolute Gasteiger partial charge is 0.354 e. The normalized spacial score (nSPS) is 17.5. The van der Waals surface area contributed by atoms with Crippen molar-refractivity contribution in [3.05, 3.63) is 35.9 Å². The number of nitrogens with one attached hydrogen (secondary N) is 1. The highest BCUT2D eigenvalue weighted by atomic mass is 35.5. The van der Waals surface area contributed by atoms with Gasteiger partial charge in [-0.3, -0.25) is 4.79 Å². The van der Waals surface area contributed by atoms with Gasteiger partial charge in [-0.2, -0.15) is 0 Å². The number of hydrogen-bond acceptors (Lipinski definition) is 2. The number of hydrogen-bond donors (Lipinski definition) is 2. The first kappa shape index (κ1) is 17.0. The highest BCUT2D eigenvalue weighted by Gasteiger charge is 2.35. The molecule has 1 fully saturated rings. The van der Waals surface area contributed by atoms with Crippen molar-refractivity contribution in [2.75, 3.05) is 6.54 Å². The number of nitrogens with two attached hydrogens (primary N) is 1. The lowest BCUT2D eigenvalue weighted by Crippen LogP contribution is -2.48. The lowest BCUT2D eigenvalue weighted by Gasteiger charge is -2.41. The second-order valence-electron chi connectivity index (χ2n) is 5.72. The summed E-state index contributed by atoms with van der Waals surface area (Å²) < 4.78 is 0. The Morgan fingerprint density at radius 1 is 1.35 bits per heavy atom. The number of rotatable bonds is 6. The van der Waals surface area contributed by atoms with Crippen LogP contribution >= 0.6 is 12.4 Å². The van der Waals surface area contributed by atoms with Crippen LogP contribution in [0.25, 0.3) is 0 Å². The molecule has 1 unspecified atom stereocenters. The van der Waals surface area contributed by atoms with E-state index in [9.17, 15) is 4.79 Å². The van der Waals surface area contributed by atoms with Crippen LogP contribution in [-0.4, -0.2) is 18.5 Å². The molecule has 0 radical (unpaired) electrons. The standard InChI is InChI=1S/C16H24N2O.ClH/c1-2-16(9-6-10-16)12-18-15(19)14(17)11-13-7-4-3-5-8-13;/h3-5,7-8,14H,2,6,9-12,17H2,1H3,(H,18,19);1H. The molecule has 1 aromatic rings. The maximum absolute atomic E-state index is 12.0. The fourth-order valence-corrected chi connectivity index (χ4v) is 2.70. The Bertz CT molecular complexity index is 412. The predicted molar refractivity (Wildman–Crippen MR) is 85.0 cm³/mol. The molecular formula is C16H25ClN2O. The Balaban J connectivity index is 0.00000200.